The number of alkyl halides is 3. The van der Waals surface area contributed by atoms with Gasteiger partial charge in [-0.3, -0.25) is 4.79 Å². The number of nitrogens with one attached hydrogen (secondary N) is 1. The maximum absolute atomic E-state index is 14.0. The third kappa shape index (κ3) is 8.82. The Kier molecular flexibility index (Phi) is 11.8. The van der Waals surface area contributed by atoms with E-state index in [1.807, 2.05) is 19.0 Å². The van der Waals surface area contributed by atoms with Crippen molar-refractivity contribution >= 4 is 17.7 Å². The molecule has 3 N–H and O–H groups in total. The molecule has 2 saturated heterocycles. The number of likely N-dealkylation sites (N-methyl/N-ethyl adjacent to an activating group) is 2. The number of halogens is 7. The van der Waals surface area contributed by atoms with Crippen molar-refractivity contribution in [3.63, 3.8) is 0 Å². The van der Waals surface area contributed by atoms with E-state index in [0.717, 1.165) is 62.0 Å². The molecule has 262 valence electrons. The van der Waals surface area contributed by atoms with E-state index < -0.39 is 52.0 Å². The summed E-state index contributed by atoms with van der Waals surface area (Å²) in [6.45, 7) is 2.63. The second-order valence-corrected chi connectivity index (χ2v) is 13.3. The van der Waals surface area contributed by atoms with Gasteiger partial charge in [-0.05, 0) is 107 Å². The number of hydrogen-bond donors (Lipinski definition) is 2. The fourth-order valence-electron chi connectivity index (χ4n) is 6.47. The number of ether oxygens (including phenoxy) is 1. The molecule has 2 fully saturated rings. The molecule has 0 bridgehead atoms. The summed E-state index contributed by atoms with van der Waals surface area (Å²) in [6, 6.07) is 8.30. The summed E-state index contributed by atoms with van der Waals surface area (Å²) in [7, 11) is 4.97. The molecule has 48 heavy (non-hydrogen) atoms. The molecule has 2 atom stereocenters. The van der Waals surface area contributed by atoms with Gasteiger partial charge in [-0.1, -0.05) is 0 Å². The van der Waals surface area contributed by atoms with Crippen LogP contribution >= 0.6 is 11.8 Å². The highest BCUT2D eigenvalue weighted by Crippen LogP contribution is 2.40. The topological polar surface area (TPSA) is 70.8 Å². The highest BCUT2D eigenvalue weighted by molar-refractivity contribution is 7.98. The lowest BCUT2D eigenvalue weighted by atomic mass is 9.81. The molecular weight excluding hydrogens is 661 g/mol. The van der Waals surface area contributed by atoms with Crippen LogP contribution in [0.5, 0.6) is 5.75 Å². The van der Waals surface area contributed by atoms with Crippen molar-refractivity contribution in [1.29, 1.82) is 0 Å². The molecule has 0 radical (unpaired) electrons. The average molecular weight is 701 g/mol. The summed E-state index contributed by atoms with van der Waals surface area (Å²) in [5.74, 6) is -3.59. The van der Waals surface area contributed by atoms with Crippen molar-refractivity contribution in [2.75, 3.05) is 53.6 Å². The first kappa shape index (κ1) is 37.5. The third-order valence-corrected chi connectivity index (χ3v) is 9.43. The molecule has 14 heteroatoms. The molecule has 2 heterocycles. The van der Waals surface area contributed by atoms with E-state index >= 15 is 0 Å². The minimum atomic E-state index is -4.61. The minimum absolute atomic E-state index is 0.0579. The fraction of sp³-hybridized carbons (Fsp3) is 0.441. The monoisotopic (exact) mass is 700 g/mol. The van der Waals surface area contributed by atoms with Crippen molar-refractivity contribution in [2.24, 2.45) is 5.73 Å². The zero-order chi connectivity index (χ0) is 35.4. The molecule has 0 spiro atoms. The minimum Gasteiger partial charge on any atom is -0.496 e. The normalized spacial score (nSPS) is 22.1. The molecular formula is C34H39F7N4O2S. The Morgan fingerprint density at radius 2 is 1.35 bits per heavy atom. The molecule has 2 aliphatic rings. The zero-order valence-electron chi connectivity index (χ0n) is 27.1. The van der Waals surface area contributed by atoms with Gasteiger partial charge in [0.2, 0.25) is 0 Å². The Hall–Kier alpha value is -3.33. The summed E-state index contributed by atoms with van der Waals surface area (Å²) < 4.78 is 99.3. The van der Waals surface area contributed by atoms with E-state index in [1.54, 1.807) is 6.26 Å². The number of thioether (sulfide) groups is 1. The van der Waals surface area contributed by atoms with Gasteiger partial charge < -0.3 is 25.6 Å². The highest BCUT2D eigenvalue weighted by Gasteiger charge is 2.40. The van der Waals surface area contributed by atoms with Crippen LogP contribution in [0.15, 0.2) is 53.4 Å². The van der Waals surface area contributed by atoms with Gasteiger partial charge in [-0.25, -0.2) is 17.6 Å². The van der Waals surface area contributed by atoms with Gasteiger partial charge in [-0.15, -0.1) is 11.8 Å². The average Bonchev–Trinajstić information content (AvgIpc) is 2.99. The van der Waals surface area contributed by atoms with Gasteiger partial charge in [0.05, 0.1) is 29.3 Å². The number of carbonyl (C=O) groups excluding carboxylic acids is 1. The zero-order valence-corrected chi connectivity index (χ0v) is 27.9. The van der Waals surface area contributed by atoms with E-state index in [2.05, 4.69) is 10.2 Å². The second-order valence-electron chi connectivity index (χ2n) is 12.4. The van der Waals surface area contributed by atoms with Crippen molar-refractivity contribution in [2.45, 2.75) is 47.8 Å². The van der Waals surface area contributed by atoms with E-state index in [0.29, 0.717) is 24.9 Å². The van der Waals surface area contributed by atoms with Crippen molar-refractivity contribution < 1.29 is 40.3 Å². The summed E-state index contributed by atoms with van der Waals surface area (Å²) >= 11 is 0.975. The number of methoxy groups -OCH3 is 1. The molecule has 3 aromatic carbocycles. The first-order chi connectivity index (χ1) is 22.5. The van der Waals surface area contributed by atoms with E-state index in [9.17, 15) is 35.5 Å². The number of carbonyl (C=O) groups is 1. The third-order valence-electron chi connectivity index (χ3n) is 8.66. The van der Waals surface area contributed by atoms with Gasteiger partial charge >= 0.3 is 6.18 Å². The Morgan fingerprint density at radius 1 is 0.833 bits per heavy atom. The highest BCUT2D eigenvalue weighted by atomic mass is 32.2. The van der Waals surface area contributed by atoms with Crippen LogP contribution in [0, 0.1) is 23.3 Å². The van der Waals surface area contributed by atoms with Gasteiger partial charge in [0.15, 0.2) is 0 Å². The molecule has 2 unspecified atom stereocenters. The summed E-state index contributed by atoms with van der Waals surface area (Å²) in [4.78, 5) is 17.5. The molecule has 1 amide bonds. The van der Waals surface area contributed by atoms with E-state index in [4.69, 9.17) is 10.5 Å². The second kappa shape index (κ2) is 15.1. The SMILES string of the molecule is CN1CCCC(N)(c2cc(F)cc(F)c2)C1.COc1cc(C(F)(F)F)cc(SC)c1C(=O)NC1(c2cc(F)cc(F)c2)CCCN(C)C1. The van der Waals surface area contributed by atoms with Crippen LogP contribution in [-0.4, -0.2) is 69.3 Å². The summed E-state index contributed by atoms with van der Waals surface area (Å²) in [5, 5.41) is 2.87. The number of benzene rings is 3. The molecule has 3 aromatic rings. The maximum Gasteiger partial charge on any atom is 0.416 e. The van der Waals surface area contributed by atoms with Gasteiger partial charge in [0, 0.05) is 30.1 Å². The number of rotatable bonds is 6. The molecule has 5 rings (SSSR count). The lowest BCUT2D eigenvalue weighted by Gasteiger charge is -2.42. The van der Waals surface area contributed by atoms with Crippen LogP contribution in [0.1, 0.15) is 52.7 Å². The number of hydrogen-bond acceptors (Lipinski definition) is 6. The van der Waals surface area contributed by atoms with Crippen LogP contribution in [0.2, 0.25) is 0 Å². The lowest BCUT2D eigenvalue weighted by molar-refractivity contribution is -0.137. The molecule has 6 nitrogen and oxygen atoms in total. The summed E-state index contributed by atoms with van der Waals surface area (Å²) in [5.41, 5.74) is 4.29. The van der Waals surface area contributed by atoms with Gasteiger partial charge in [0.25, 0.3) is 5.91 Å². The largest absolute Gasteiger partial charge is 0.496 e. The van der Waals surface area contributed by atoms with Crippen LogP contribution in [0.25, 0.3) is 0 Å². The number of likely N-dealkylation sites (tertiary alicyclic amines) is 2. The van der Waals surface area contributed by atoms with E-state index in [1.165, 1.54) is 31.4 Å². The molecule has 0 saturated carbocycles. The predicted molar refractivity (Wildman–Crippen MR) is 171 cm³/mol. The number of nitrogens with two attached hydrogens (primary N) is 1. The predicted octanol–water partition coefficient (Wildman–Crippen LogP) is 6.91. The number of piperidine rings is 2. The standard InChI is InChI=1S/C22H23F5N2O2S.C12H16F2N2/c1-29-6-4-5-21(12-29,13-7-15(23)11-16(24)8-13)28-20(30)19-17(31-2)9-14(22(25,26)27)10-18(19)32-3;1-16-4-2-3-12(15,8-16)9-5-10(13)7-11(14)6-9/h7-11H,4-6,12H2,1-3H3,(H,28,30);5-7H,2-4,8,15H2,1H3. The Bertz CT molecular complexity index is 1560. The van der Waals surface area contributed by atoms with Crippen LogP contribution in [0.4, 0.5) is 30.7 Å². The first-order valence-corrected chi connectivity index (χ1v) is 16.5. The van der Waals surface area contributed by atoms with Gasteiger partial charge in [-0.2, -0.15) is 13.2 Å². The maximum atomic E-state index is 14.0. The molecule has 2 aliphatic heterocycles. The van der Waals surface area contributed by atoms with Gasteiger partial charge in [0.1, 0.15) is 29.0 Å². The smallest absolute Gasteiger partial charge is 0.416 e. The van der Waals surface area contributed by atoms with Crippen molar-refractivity contribution in [1.82, 2.24) is 15.1 Å². The van der Waals surface area contributed by atoms with Crippen LogP contribution in [-0.2, 0) is 17.3 Å². The molecule has 0 aliphatic carbocycles. The Labute approximate surface area is 279 Å². The summed E-state index contributed by atoms with van der Waals surface area (Å²) in [6.07, 6.45) is -0.291. The van der Waals surface area contributed by atoms with Crippen molar-refractivity contribution in [3.05, 3.63) is 94.1 Å². The Morgan fingerprint density at radius 3 is 1.83 bits per heavy atom. The molecule has 0 aromatic heterocycles. The first-order valence-electron chi connectivity index (χ1n) is 15.2. The number of nitrogens with zero attached hydrogens (tertiary/aromatic N) is 2. The van der Waals surface area contributed by atoms with Crippen molar-refractivity contribution in [3.8, 4) is 5.75 Å². The van der Waals surface area contributed by atoms with E-state index in [-0.39, 0.29) is 28.3 Å². The quantitative estimate of drug-likeness (QED) is 0.215. The fourth-order valence-corrected chi connectivity index (χ4v) is 7.11. The van der Waals surface area contributed by atoms with Crippen LogP contribution < -0.4 is 15.8 Å². The lowest BCUT2D eigenvalue weighted by Crippen LogP contribution is -2.55. The number of amides is 1. The van der Waals surface area contributed by atoms with Crippen LogP contribution in [0.3, 0.4) is 0 Å². The Balaban J connectivity index is 0.000000271.